The number of hydrogen-bond donors (Lipinski definition) is 1. The third kappa shape index (κ3) is 7.80. The van der Waals surface area contributed by atoms with Gasteiger partial charge in [0.05, 0.1) is 5.75 Å². The SMILES string of the molecule is Cc1ccccc1CN(C(=O)CSCc1ccc(Br)cc1)[C@H](C)C(=O)NC(C)(C)C. The first-order valence-corrected chi connectivity index (χ1v) is 12.0. The van der Waals surface area contributed by atoms with E-state index in [2.05, 4.69) is 21.2 Å². The topological polar surface area (TPSA) is 49.4 Å². The third-order valence-electron chi connectivity index (χ3n) is 4.67. The van der Waals surface area contributed by atoms with E-state index < -0.39 is 6.04 Å². The highest BCUT2D eigenvalue weighted by Crippen LogP contribution is 2.19. The number of nitrogens with zero attached hydrogens (tertiary/aromatic N) is 1. The van der Waals surface area contributed by atoms with Gasteiger partial charge in [0.1, 0.15) is 6.04 Å². The van der Waals surface area contributed by atoms with Crippen LogP contribution in [0.3, 0.4) is 0 Å². The van der Waals surface area contributed by atoms with E-state index in [-0.39, 0.29) is 17.4 Å². The summed E-state index contributed by atoms with van der Waals surface area (Å²) < 4.78 is 1.04. The molecular formula is C24H31BrN2O2S. The molecule has 6 heteroatoms. The summed E-state index contributed by atoms with van der Waals surface area (Å²) in [6.45, 7) is 10.1. The van der Waals surface area contributed by atoms with E-state index in [0.29, 0.717) is 12.3 Å². The Bertz CT molecular complexity index is 862. The number of amides is 2. The highest BCUT2D eigenvalue weighted by Gasteiger charge is 2.28. The molecule has 0 saturated heterocycles. The van der Waals surface area contributed by atoms with E-state index in [4.69, 9.17) is 0 Å². The Morgan fingerprint density at radius 3 is 2.33 bits per heavy atom. The second-order valence-electron chi connectivity index (χ2n) is 8.48. The molecule has 2 amide bonds. The van der Waals surface area contributed by atoms with Crippen LogP contribution in [0.15, 0.2) is 53.0 Å². The Balaban J connectivity index is 2.10. The van der Waals surface area contributed by atoms with Crippen molar-refractivity contribution in [3.63, 3.8) is 0 Å². The Morgan fingerprint density at radius 1 is 1.10 bits per heavy atom. The van der Waals surface area contributed by atoms with Gasteiger partial charge in [-0.2, -0.15) is 0 Å². The van der Waals surface area contributed by atoms with E-state index in [1.165, 1.54) is 5.56 Å². The van der Waals surface area contributed by atoms with Crippen molar-refractivity contribution in [1.29, 1.82) is 0 Å². The number of halogens is 1. The number of aryl methyl sites for hydroxylation is 1. The Hall–Kier alpha value is -1.79. The van der Waals surface area contributed by atoms with Crippen molar-refractivity contribution in [2.75, 3.05) is 5.75 Å². The molecule has 2 aromatic rings. The molecule has 0 saturated carbocycles. The number of thioether (sulfide) groups is 1. The van der Waals surface area contributed by atoms with Gasteiger partial charge in [0, 0.05) is 22.3 Å². The van der Waals surface area contributed by atoms with E-state index in [1.54, 1.807) is 23.6 Å². The van der Waals surface area contributed by atoms with Crippen LogP contribution in [0.1, 0.15) is 44.4 Å². The lowest BCUT2D eigenvalue weighted by Crippen LogP contribution is -2.52. The first kappa shape index (κ1) is 24.5. The monoisotopic (exact) mass is 490 g/mol. The van der Waals surface area contributed by atoms with Crippen LogP contribution in [-0.4, -0.2) is 34.0 Å². The van der Waals surface area contributed by atoms with Crippen molar-refractivity contribution in [2.45, 2.75) is 58.5 Å². The molecule has 0 aliphatic heterocycles. The number of carbonyl (C=O) groups is 2. The predicted octanol–water partition coefficient (Wildman–Crippen LogP) is 5.32. The number of nitrogens with one attached hydrogen (secondary N) is 1. The minimum atomic E-state index is -0.551. The molecule has 30 heavy (non-hydrogen) atoms. The molecule has 2 rings (SSSR count). The zero-order valence-electron chi connectivity index (χ0n) is 18.4. The standard InChI is InChI=1S/C24H31BrN2O2S/c1-17-8-6-7-9-20(17)14-27(18(2)23(29)26-24(3,4)5)22(28)16-30-15-19-10-12-21(25)13-11-19/h6-13,18H,14-16H2,1-5H3,(H,26,29)/t18-/m1/s1. The Morgan fingerprint density at radius 2 is 1.73 bits per heavy atom. The summed E-state index contributed by atoms with van der Waals surface area (Å²) in [5.74, 6) is 0.911. The number of benzene rings is 2. The Labute approximate surface area is 192 Å². The smallest absolute Gasteiger partial charge is 0.242 e. The second kappa shape index (κ2) is 11.0. The van der Waals surface area contributed by atoms with E-state index in [1.807, 2.05) is 76.2 Å². The molecule has 0 spiro atoms. The average molecular weight is 491 g/mol. The van der Waals surface area contributed by atoms with Crippen molar-refractivity contribution >= 4 is 39.5 Å². The lowest BCUT2D eigenvalue weighted by Gasteiger charge is -2.31. The van der Waals surface area contributed by atoms with Gasteiger partial charge in [0.15, 0.2) is 0 Å². The van der Waals surface area contributed by atoms with E-state index in [0.717, 1.165) is 21.4 Å². The first-order chi connectivity index (χ1) is 14.1. The molecule has 0 aliphatic carbocycles. The summed E-state index contributed by atoms with van der Waals surface area (Å²) in [4.78, 5) is 27.6. The van der Waals surface area contributed by atoms with Gasteiger partial charge in [0.25, 0.3) is 0 Å². The van der Waals surface area contributed by atoms with Gasteiger partial charge < -0.3 is 10.2 Å². The maximum atomic E-state index is 13.1. The second-order valence-corrected chi connectivity index (χ2v) is 10.4. The van der Waals surface area contributed by atoms with Crippen LogP contribution in [0.4, 0.5) is 0 Å². The van der Waals surface area contributed by atoms with Gasteiger partial charge in [-0.3, -0.25) is 9.59 Å². The van der Waals surface area contributed by atoms with Crippen molar-refractivity contribution in [3.8, 4) is 0 Å². The van der Waals surface area contributed by atoms with Crippen LogP contribution in [-0.2, 0) is 21.9 Å². The fourth-order valence-electron chi connectivity index (χ4n) is 2.95. The van der Waals surface area contributed by atoms with Crippen molar-refractivity contribution in [1.82, 2.24) is 10.2 Å². The zero-order valence-corrected chi connectivity index (χ0v) is 20.8. The molecule has 0 unspecified atom stereocenters. The van der Waals surface area contributed by atoms with E-state index >= 15 is 0 Å². The summed E-state index contributed by atoms with van der Waals surface area (Å²) in [6, 6.07) is 15.5. The zero-order chi connectivity index (χ0) is 22.3. The summed E-state index contributed by atoms with van der Waals surface area (Å²) in [5.41, 5.74) is 2.99. The molecule has 4 nitrogen and oxygen atoms in total. The van der Waals surface area contributed by atoms with E-state index in [9.17, 15) is 9.59 Å². The Kier molecular flexibility index (Phi) is 8.98. The molecule has 0 radical (unpaired) electrons. The van der Waals surface area contributed by atoms with Gasteiger partial charge >= 0.3 is 0 Å². The summed E-state index contributed by atoms with van der Waals surface area (Å²) in [7, 11) is 0. The van der Waals surface area contributed by atoms with Gasteiger partial charge in [0.2, 0.25) is 11.8 Å². The molecule has 0 heterocycles. The number of hydrogen-bond acceptors (Lipinski definition) is 3. The largest absolute Gasteiger partial charge is 0.350 e. The minimum absolute atomic E-state index is 0.0306. The number of rotatable bonds is 8. The molecular weight excluding hydrogens is 460 g/mol. The predicted molar refractivity (Wildman–Crippen MR) is 129 cm³/mol. The maximum Gasteiger partial charge on any atom is 0.242 e. The molecule has 0 fully saturated rings. The fourth-order valence-corrected chi connectivity index (χ4v) is 4.08. The lowest BCUT2D eigenvalue weighted by atomic mass is 10.1. The number of carbonyl (C=O) groups excluding carboxylic acids is 2. The van der Waals surface area contributed by atoms with Gasteiger partial charge in [-0.15, -0.1) is 11.8 Å². The third-order valence-corrected chi connectivity index (χ3v) is 6.19. The average Bonchev–Trinajstić information content (AvgIpc) is 2.67. The lowest BCUT2D eigenvalue weighted by molar-refractivity contribution is -0.139. The normalized spacial score (nSPS) is 12.3. The van der Waals surface area contributed by atoms with Crippen LogP contribution in [0.5, 0.6) is 0 Å². The highest BCUT2D eigenvalue weighted by molar-refractivity contribution is 9.10. The molecule has 2 aromatic carbocycles. The van der Waals surface area contributed by atoms with Crippen LogP contribution in [0, 0.1) is 6.92 Å². The molecule has 0 aliphatic rings. The molecule has 162 valence electrons. The molecule has 0 bridgehead atoms. The highest BCUT2D eigenvalue weighted by atomic mass is 79.9. The van der Waals surface area contributed by atoms with Crippen molar-refractivity contribution in [2.24, 2.45) is 0 Å². The maximum absolute atomic E-state index is 13.1. The first-order valence-electron chi connectivity index (χ1n) is 10.0. The molecule has 1 N–H and O–H groups in total. The van der Waals surface area contributed by atoms with Crippen LogP contribution in [0.25, 0.3) is 0 Å². The van der Waals surface area contributed by atoms with Crippen molar-refractivity contribution < 1.29 is 9.59 Å². The minimum Gasteiger partial charge on any atom is -0.350 e. The fraction of sp³-hybridized carbons (Fsp3) is 0.417. The molecule has 1 atom stereocenters. The van der Waals surface area contributed by atoms with Gasteiger partial charge in [-0.1, -0.05) is 52.3 Å². The van der Waals surface area contributed by atoms with Crippen LogP contribution >= 0.6 is 27.7 Å². The van der Waals surface area contributed by atoms with Gasteiger partial charge in [-0.05, 0) is 63.4 Å². The summed E-state index contributed by atoms with van der Waals surface area (Å²) in [5, 5.41) is 3.00. The van der Waals surface area contributed by atoms with Crippen LogP contribution in [0.2, 0.25) is 0 Å². The quantitative estimate of drug-likeness (QED) is 0.544. The van der Waals surface area contributed by atoms with Crippen LogP contribution < -0.4 is 5.32 Å². The summed E-state index contributed by atoms with van der Waals surface area (Å²) >= 11 is 5.01. The van der Waals surface area contributed by atoms with Gasteiger partial charge in [-0.25, -0.2) is 0 Å². The van der Waals surface area contributed by atoms with Crippen molar-refractivity contribution in [3.05, 3.63) is 69.7 Å². The molecule has 0 aromatic heterocycles. The summed E-state index contributed by atoms with van der Waals surface area (Å²) in [6.07, 6.45) is 0.